The smallest absolute Gasteiger partial charge is 0.510 e. The molecule has 2 aromatic heterocycles. The Kier molecular flexibility index (Phi) is 10.2. The fraction of sp³-hybridized carbons (Fsp3) is 0.0408. The van der Waals surface area contributed by atoms with Crippen LogP contribution < -0.4 is 0 Å². The van der Waals surface area contributed by atoms with Crippen molar-refractivity contribution in [1.82, 2.24) is 4.98 Å². The van der Waals surface area contributed by atoms with Crippen molar-refractivity contribution in [2.75, 3.05) is 0 Å². The fourth-order valence-corrected chi connectivity index (χ4v) is 6.40. The Morgan fingerprint density at radius 3 is 1.79 bits per heavy atom. The zero-order valence-corrected chi connectivity index (χ0v) is 30.9. The summed E-state index contributed by atoms with van der Waals surface area (Å²) in [6.45, 7) is 1.94. The first-order valence-corrected chi connectivity index (χ1v) is 17.0. The minimum absolute atomic E-state index is 0. The van der Waals surface area contributed by atoms with Crippen LogP contribution in [0.2, 0.25) is 0 Å². The van der Waals surface area contributed by atoms with Gasteiger partial charge in [-0.3, -0.25) is 0 Å². The molecule has 0 saturated heterocycles. The predicted molar refractivity (Wildman–Crippen MR) is 210 cm³/mol. The van der Waals surface area contributed by atoms with E-state index in [1.165, 1.54) is 11.1 Å². The molecule has 0 radical (unpaired) electrons. The molecule has 1 unspecified atom stereocenters. The average molecular weight is 846 g/mol. The van der Waals surface area contributed by atoms with Crippen molar-refractivity contribution in [3.8, 4) is 44.6 Å². The molecule has 9 aromatic rings. The van der Waals surface area contributed by atoms with Crippen molar-refractivity contribution in [3.63, 3.8) is 0 Å². The Balaban J connectivity index is 0.000000194. The van der Waals surface area contributed by atoms with Gasteiger partial charge in [0.25, 0.3) is 0 Å². The molecule has 0 saturated carbocycles. The summed E-state index contributed by atoms with van der Waals surface area (Å²) in [6, 6.07) is 68.9. The predicted octanol–water partition coefficient (Wildman–Crippen LogP) is 12.9. The number of benzene rings is 7. The molecule has 250 valence electrons. The number of aromatic nitrogens is 1. The standard InChI is InChI=1S/C32H22O.C17H12N.Ir/c1-22(23-10-4-2-5-11-23)25-18-19-31-30(21-25)29-17-9-16-28(32(29)33-31)27-15-8-14-26(20-27)24-12-6-3-7-13-24;1-2-7-14(8-3-1)15-9-6-10-16(13-15)17-11-4-5-12-18-17;/h2-14,17-22H,1H3;1-9,11-13H;/q-2;-1;+3/i22D;;. The Hall–Kier alpha value is -5.86. The number of fused-ring (bicyclic) bond motifs is 3. The van der Waals surface area contributed by atoms with E-state index in [4.69, 9.17) is 5.79 Å². The molecule has 0 aliphatic carbocycles. The second-order valence-corrected chi connectivity index (χ2v) is 12.3. The van der Waals surface area contributed by atoms with Crippen molar-refractivity contribution in [2.24, 2.45) is 0 Å². The van der Waals surface area contributed by atoms with Gasteiger partial charge in [0, 0.05) is 24.4 Å². The summed E-state index contributed by atoms with van der Waals surface area (Å²) in [7, 11) is 0. The van der Waals surface area contributed by atoms with Crippen molar-refractivity contribution in [2.45, 2.75) is 12.8 Å². The zero-order chi connectivity index (χ0) is 35.3. The van der Waals surface area contributed by atoms with Gasteiger partial charge in [-0.1, -0.05) is 122 Å². The molecule has 1 atom stereocenters. The van der Waals surface area contributed by atoms with Crippen LogP contribution in [0.3, 0.4) is 0 Å². The number of pyridine rings is 1. The van der Waals surface area contributed by atoms with E-state index in [2.05, 4.69) is 77.8 Å². The van der Waals surface area contributed by atoms with Crippen molar-refractivity contribution in [1.29, 1.82) is 0 Å². The van der Waals surface area contributed by atoms with Crippen molar-refractivity contribution >= 4 is 21.9 Å². The molecule has 2 nitrogen and oxygen atoms in total. The quantitative estimate of drug-likeness (QED) is 0.156. The third kappa shape index (κ3) is 7.43. The van der Waals surface area contributed by atoms with Gasteiger partial charge in [0.1, 0.15) is 5.58 Å². The summed E-state index contributed by atoms with van der Waals surface area (Å²) in [4.78, 5) is 4.35. The summed E-state index contributed by atoms with van der Waals surface area (Å²) >= 11 is 0. The van der Waals surface area contributed by atoms with E-state index >= 15 is 0 Å². The van der Waals surface area contributed by atoms with Crippen LogP contribution in [0.15, 0.2) is 187 Å². The maximum absolute atomic E-state index is 9.09. The van der Waals surface area contributed by atoms with Gasteiger partial charge in [-0.05, 0) is 46.1 Å². The normalized spacial score (nSPS) is 12.2. The first kappa shape index (κ1) is 33.3. The van der Waals surface area contributed by atoms with E-state index in [1.54, 1.807) is 6.20 Å². The average Bonchev–Trinajstić information content (AvgIpc) is 3.61. The van der Waals surface area contributed by atoms with Crippen LogP contribution >= 0.6 is 0 Å². The van der Waals surface area contributed by atoms with Crippen molar-refractivity contribution in [3.05, 3.63) is 211 Å². The zero-order valence-electron chi connectivity index (χ0n) is 29.5. The summed E-state index contributed by atoms with van der Waals surface area (Å²) < 4.78 is 15.4. The van der Waals surface area contributed by atoms with Gasteiger partial charge >= 0.3 is 20.1 Å². The first-order chi connectivity index (χ1) is 25.5. The van der Waals surface area contributed by atoms with Crippen LogP contribution in [-0.4, -0.2) is 4.98 Å². The van der Waals surface area contributed by atoms with Crippen LogP contribution in [0.4, 0.5) is 0 Å². The molecule has 2 heterocycles. The molecule has 0 aliphatic rings. The van der Waals surface area contributed by atoms with Gasteiger partial charge in [-0.2, -0.15) is 35.9 Å². The van der Waals surface area contributed by atoms with Gasteiger partial charge in [0.2, 0.25) is 0 Å². The Labute approximate surface area is 320 Å². The second-order valence-electron chi connectivity index (χ2n) is 12.3. The molecule has 0 amide bonds. The Morgan fingerprint density at radius 2 is 1.13 bits per heavy atom. The molecular formula is C49H34IrNO. The summed E-state index contributed by atoms with van der Waals surface area (Å²) in [5.41, 5.74) is 12.0. The molecule has 7 aromatic carbocycles. The molecule has 0 fully saturated rings. The van der Waals surface area contributed by atoms with Crippen LogP contribution in [0, 0.1) is 18.2 Å². The number of hydrogen-bond donors (Lipinski definition) is 0. The van der Waals surface area contributed by atoms with Crippen LogP contribution in [0.25, 0.3) is 66.6 Å². The van der Waals surface area contributed by atoms with E-state index in [1.807, 2.05) is 128 Å². The minimum atomic E-state index is -0.861. The van der Waals surface area contributed by atoms with E-state index in [0.717, 1.165) is 66.6 Å². The first-order valence-electron chi connectivity index (χ1n) is 17.5. The van der Waals surface area contributed by atoms with E-state index < -0.39 is 5.89 Å². The maximum atomic E-state index is 9.09. The van der Waals surface area contributed by atoms with E-state index in [9.17, 15) is 0 Å². The molecule has 0 N–H and O–H groups in total. The Morgan fingerprint density at radius 1 is 0.538 bits per heavy atom. The maximum Gasteiger partial charge on any atom is 3.00 e. The molecule has 0 spiro atoms. The fourth-order valence-electron chi connectivity index (χ4n) is 6.40. The number of furan rings is 1. The Bertz CT molecular complexity index is 2530. The van der Waals surface area contributed by atoms with Crippen LogP contribution in [-0.2, 0) is 20.1 Å². The third-order valence-corrected chi connectivity index (χ3v) is 9.10. The number of nitrogens with zero attached hydrogens (tertiary/aromatic N) is 1. The summed E-state index contributed by atoms with van der Waals surface area (Å²) in [6.07, 6.45) is 1.80. The summed E-state index contributed by atoms with van der Waals surface area (Å²) in [5, 5.41) is 2.03. The van der Waals surface area contributed by atoms with E-state index in [-0.39, 0.29) is 20.1 Å². The molecule has 0 aliphatic heterocycles. The molecule has 9 rings (SSSR count). The van der Waals surface area contributed by atoms with Gasteiger partial charge in [0.05, 0.1) is 0 Å². The summed E-state index contributed by atoms with van der Waals surface area (Å²) in [5.74, 6) is -0.861. The van der Waals surface area contributed by atoms with Gasteiger partial charge in [-0.25, -0.2) is 5.56 Å². The topological polar surface area (TPSA) is 26.0 Å². The largest absolute Gasteiger partial charge is 3.00 e. The molecule has 0 bridgehead atoms. The molecule has 52 heavy (non-hydrogen) atoms. The number of hydrogen-bond acceptors (Lipinski definition) is 2. The second kappa shape index (κ2) is 16.0. The van der Waals surface area contributed by atoms with E-state index in [0.29, 0.717) is 0 Å². The van der Waals surface area contributed by atoms with Crippen LogP contribution in [0.1, 0.15) is 25.3 Å². The van der Waals surface area contributed by atoms with Crippen molar-refractivity contribution < 1.29 is 25.9 Å². The van der Waals surface area contributed by atoms with Gasteiger partial charge in [0.15, 0.2) is 0 Å². The van der Waals surface area contributed by atoms with Gasteiger partial charge < -0.3 is 9.40 Å². The van der Waals surface area contributed by atoms with Gasteiger partial charge in [-0.15, -0.1) is 53.1 Å². The number of rotatable bonds is 6. The minimum Gasteiger partial charge on any atom is -0.510 e. The molecule has 3 heteroatoms. The molecular weight excluding hydrogens is 811 g/mol. The SMILES string of the molecule is [2H]C(C)(c1ccccc1)c1ccc2oc3c(-c4[c-]ccc(-c5ccccc5)c4)[c-]ccc3c2c1.[Ir+3].[c-]1ccc(-c2ccccc2)cc1-c1ccccn1. The third-order valence-electron chi connectivity index (χ3n) is 9.10. The van der Waals surface area contributed by atoms with Crippen LogP contribution in [0.5, 0.6) is 0 Å². The monoisotopic (exact) mass is 846 g/mol.